The van der Waals surface area contributed by atoms with Crippen LogP contribution in [0.25, 0.3) is 0 Å². The molecule has 23 heavy (non-hydrogen) atoms. The number of nitrogens with zero attached hydrogens (tertiary/aromatic N) is 1. The minimum atomic E-state index is -0.607. The lowest BCUT2D eigenvalue weighted by Gasteiger charge is -2.20. The number of ether oxygens (including phenoxy) is 1. The zero-order valence-electron chi connectivity index (χ0n) is 12.3. The van der Waals surface area contributed by atoms with Crippen molar-refractivity contribution >= 4 is 12.3 Å². The van der Waals surface area contributed by atoms with E-state index in [1.165, 1.54) is 0 Å². The Bertz CT molecular complexity index is 718. The molecule has 0 aromatic heterocycles. The van der Waals surface area contributed by atoms with Gasteiger partial charge in [0, 0.05) is 17.7 Å². The number of amides is 2. The minimum Gasteiger partial charge on any atom is -0.483 e. The summed E-state index contributed by atoms with van der Waals surface area (Å²) < 4.78 is 6.05. The average molecular weight is 312 g/mol. The monoisotopic (exact) mass is 312 g/mol. The second-order valence-electron chi connectivity index (χ2n) is 5.32. The maximum atomic E-state index is 11.6. The molecule has 2 N–H and O–H groups in total. The summed E-state index contributed by atoms with van der Waals surface area (Å²) in [5, 5.41) is 8.76. The highest BCUT2D eigenvalue weighted by Gasteiger charge is 2.24. The van der Waals surface area contributed by atoms with E-state index in [1.807, 2.05) is 30.3 Å². The van der Waals surface area contributed by atoms with Crippen LogP contribution in [-0.4, -0.2) is 29.0 Å². The fourth-order valence-electron chi connectivity index (χ4n) is 2.61. The molecule has 0 saturated carbocycles. The summed E-state index contributed by atoms with van der Waals surface area (Å²) in [6.07, 6.45) is 0.470. The summed E-state index contributed by atoms with van der Waals surface area (Å²) in [6, 6.07) is 14.5. The number of rotatable bonds is 3. The van der Waals surface area contributed by atoms with Crippen LogP contribution < -0.4 is 10.2 Å². The highest BCUT2D eigenvalue weighted by Crippen LogP contribution is 2.31. The SMILES string of the molecule is O=CN1Cc2ccc(C(=O)NO)cc2OC(c2ccccc2)C1. The maximum absolute atomic E-state index is 11.6. The van der Waals surface area contributed by atoms with E-state index < -0.39 is 5.91 Å². The molecule has 0 aliphatic carbocycles. The first-order valence-electron chi connectivity index (χ1n) is 7.19. The second-order valence-corrected chi connectivity index (χ2v) is 5.32. The zero-order valence-corrected chi connectivity index (χ0v) is 12.3. The van der Waals surface area contributed by atoms with Gasteiger partial charge >= 0.3 is 0 Å². The molecule has 0 radical (unpaired) electrons. The van der Waals surface area contributed by atoms with Crippen LogP contribution in [0.15, 0.2) is 48.5 Å². The molecule has 1 atom stereocenters. The van der Waals surface area contributed by atoms with E-state index in [-0.39, 0.29) is 11.7 Å². The van der Waals surface area contributed by atoms with Gasteiger partial charge in [-0.3, -0.25) is 14.8 Å². The van der Waals surface area contributed by atoms with Gasteiger partial charge in [-0.2, -0.15) is 0 Å². The molecule has 2 aromatic carbocycles. The molecule has 1 aliphatic rings. The lowest BCUT2D eigenvalue weighted by molar-refractivity contribution is -0.119. The topological polar surface area (TPSA) is 78.9 Å². The molecule has 2 aromatic rings. The molecule has 0 bridgehead atoms. The van der Waals surface area contributed by atoms with Crippen molar-refractivity contribution in [3.05, 3.63) is 65.2 Å². The van der Waals surface area contributed by atoms with E-state index in [0.29, 0.717) is 18.8 Å². The van der Waals surface area contributed by atoms with Gasteiger partial charge in [-0.25, -0.2) is 5.48 Å². The van der Waals surface area contributed by atoms with E-state index in [2.05, 4.69) is 0 Å². The van der Waals surface area contributed by atoms with Gasteiger partial charge < -0.3 is 9.64 Å². The lowest BCUT2D eigenvalue weighted by Crippen LogP contribution is -2.26. The van der Waals surface area contributed by atoms with Crippen LogP contribution in [0, 0.1) is 0 Å². The number of carbonyl (C=O) groups is 2. The van der Waals surface area contributed by atoms with Crippen molar-refractivity contribution in [1.29, 1.82) is 0 Å². The molecule has 1 unspecified atom stereocenters. The van der Waals surface area contributed by atoms with E-state index in [0.717, 1.165) is 17.5 Å². The molecule has 0 saturated heterocycles. The van der Waals surface area contributed by atoms with Gasteiger partial charge in [-0.1, -0.05) is 36.4 Å². The Labute approximate surface area is 133 Å². The smallest absolute Gasteiger partial charge is 0.274 e. The summed E-state index contributed by atoms with van der Waals surface area (Å²) in [4.78, 5) is 24.5. The maximum Gasteiger partial charge on any atom is 0.274 e. The van der Waals surface area contributed by atoms with Gasteiger partial charge in [-0.15, -0.1) is 0 Å². The van der Waals surface area contributed by atoms with Crippen LogP contribution in [0.4, 0.5) is 0 Å². The summed E-state index contributed by atoms with van der Waals surface area (Å²) in [5.41, 5.74) is 3.65. The standard InChI is InChI=1S/C17H16N2O4/c20-11-19-9-14-7-6-13(17(21)18-22)8-15(14)23-16(10-19)12-4-2-1-3-5-12/h1-8,11,16,22H,9-10H2,(H,18,21). The van der Waals surface area contributed by atoms with Crippen molar-refractivity contribution in [3.8, 4) is 5.75 Å². The van der Waals surface area contributed by atoms with Crippen LogP contribution in [0.1, 0.15) is 27.6 Å². The van der Waals surface area contributed by atoms with E-state index >= 15 is 0 Å². The van der Waals surface area contributed by atoms with Gasteiger partial charge in [0.05, 0.1) is 6.54 Å². The number of hydroxylamine groups is 1. The Morgan fingerprint density at radius 1 is 1.26 bits per heavy atom. The largest absolute Gasteiger partial charge is 0.483 e. The van der Waals surface area contributed by atoms with Gasteiger partial charge in [-0.05, 0) is 17.7 Å². The number of benzene rings is 2. The first kappa shape index (κ1) is 15.1. The fourth-order valence-corrected chi connectivity index (χ4v) is 2.61. The molecule has 0 spiro atoms. The fraction of sp³-hybridized carbons (Fsp3) is 0.176. The van der Waals surface area contributed by atoms with Crippen molar-refractivity contribution in [2.24, 2.45) is 0 Å². The quantitative estimate of drug-likeness (QED) is 0.515. The van der Waals surface area contributed by atoms with Crippen molar-refractivity contribution in [1.82, 2.24) is 10.4 Å². The van der Waals surface area contributed by atoms with E-state index in [1.54, 1.807) is 28.6 Å². The van der Waals surface area contributed by atoms with Crippen LogP contribution in [0.3, 0.4) is 0 Å². The number of hydrogen-bond donors (Lipinski definition) is 2. The van der Waals surface area contributed by atoms with Crippen LogP contribution in [0.5, 0.6) is 5.75 Å². The molecule has 6 heteroatoms. The molecule has 1 heterocycles. The summed E-state index contributed by atoms with van der Waals surface area (Å²) in [5.74, 6) is -0.0755. The second kappa shape index (κ2) is 6.50. The third-order valence-corrected chi connectivity index (χ3v) is 3.79. The highest BCUT2D eigenvalue weighted by molar-refractivity contribution is 5.93. The molecule has 6 nitrogen and oxygen atoms in total. The molecular weight excluding hydrogens is 296 g/mol. The number of carbonyl (C=O) groups excluding carboxylic acids is 2. The average Bonchev–Trinajstić information content (AvgIpc) is 2.80. The van der Waals surface area contributed by atoms with Crippen LogP contribution in [-0.2, 0) is 11.3 Å². The zero-order chi connectivity index (χ0) is 16.2. The van der Waals surface area contributed by atoms with Gasteiger partial charge in [0.2, 0.25) is 6.41 Å². The normalized spacial score (nSPS) is 16.7. The third-order valence-electron chi connectivity index (χ3n) is 3.79. The van der Waals surface area contributed by atoms with Crippen molar-refractivity contribution in [2.45, 2.75) is 12.6 Å². The number of fused-ring (bicyclic) bond motifs is 1. The summed E-state index contributed by atoms with van der Waals surface area (Å²) >= 11 is 0. The van der Waals surface area contributed by atoms with Gasteiger partial charge in [0.25, 0.3) is 5.91 Å². The molecular formula is C17H16N2O4. The van der Waals surface area contributed by atoms with Gasteiger partial charge in [0.15, 0.2) is 0 Å². The molecule has 118 valence electrons. The number of nitrogens with one attached hydrogen (secondary N) is 1. The van der Waals surface area contributed by atoms with Crippen molar-refractivity contribution in [3.63, 3.8) is 0 Å². The summed E-state index contributed by atoms with van der Waals surface area (Å²) in [7, 11) is 0. The Hall–Kier alpha value is -2.86. The first-order valence-corrected chi connectivity index (χ1v) is 7.19. The van der Waals surface area contributed by atoms with Crippen molar-refractivity contribution < 1.29 is 19.5 Å². The Kier molecular flexibility index (Phi) is 4.25. The van der Waals surface area contributed by atoms with Gasteiger partial charge in [0.1, 0.15) is 11.9 Å². The number of hydrogen-bond acceptors (Lipinski definition) is 4. The van der Waals surface area contributed by atoms with E-state index in [4.69, 9.17) is 9.94 Å². The van der Waals surface area contributed by atoms with Crippen molar-refractivity contribution in [2.75, 3.05) is 6.54 Å². The Morgan fingerprint density at radius 3 is 2.74 bits per heavy atom. The van der Waals surface area contributed by atoms with E-state index in [9.17, 15) is 9.59 Å². The molecule has 3 rings (SSSR count). The predicted molar refractivity (Wildman–Crippen MR) is 82.0 cm³/mol. The predicted octanol–water partition coefficient (Wildman–Crippen LogP) is 1.90. The first-order chi connectivity index (χ1) is 11.2. The van der Waals surface area contributed by atoms with Crippen LogP contribution in [0.2, 0.25) is 0 Å². The lowest BCUT2D eigenvalue weighted by atomic mass is 10.1. The molecule has 1 aliphatic heterocycles. The van der Waals surface area contributed by atoms with Crippen LogP contribution >= 0.6 is 0 Å². The Balaban J connectivity index is 1.99. The summed E-state index contributed by atoms with van der Waals surface area (Å²) in [6.45, 7) is 0.826. The molecule has 2 amide bonds. The third kappa shape index (κ3) is 3.17. The Morgan fingerprint density at radius 2 is 2.04 bits per heavy atom. The highest BCUT2D eigenvalue weighted by atomic mass is 16.5. The minimum absolute atomic E-state index is 0.289. The molecule has 0 fully saturated rings.